The van der Waals surface area contributed by atoms with Gasteiger partial charge in [0.15, 0.2) is 11.5 Å². The predicted octanol–water partition coefficient (Wildman–Crippen LogP) is 2.98. The van der Waals surface area contributed by atoms with Crippen molar-refractivity contribution in [3.05, 3.63) is 23.8 Å². The molecule has 1 aliphatic heterocycles. The van der Waals surface area contributed by atoms with Crippen LogP contribution in [0.3, 0.4) is 0 Å². The second kappa shape index (κ2) is 5.21. The van der Waals surface area contributed by atoms with Crippen LogP contribution in [0.2, 0.25) is 0 Å². The average molecular weight is 222 g/mol. The molecule has 0 fully saturated rings. The van der Waals surface area contributed by atoms with E-state index in [1.807, 2.05) is 18.2 Å². The van der Waals surface area contributed by atoms with Crippen LogP contribution in [0.15, 0.2) is 18.2 Å². The van der Waals surface area contributed by atoms with Gasteiger partial charge < -0.3 is 14.2 Å². The molecule has 1 aromatic rings. The van der Waals surface area contributed by atoms with Crippen molar-refractivity contribution >= 4 is 0 Å². The van der Waals surface area contributed by atoms with Crippen LogP contribution in [0.5, 0.6) is 11.5 Å². The van der Waals surface area contributed by atoms with Gasteiger partial charge in [-0.1, -0.05) is 19.9 Å². The monoisotopic (exact) mass is 222 g/mol. The summed E-state index contributed by atoms with van der Waals surface area (Å²) < 4.78 is 16.1. The number of rotatable bonds is 5. The van der Waals surface area contributed by atoms with Crippen LogP contribution in [0.25, 0.3) is 0 Å². The molecular formula is C13H18O3. The summed E-state index contributed by atoms with van der Waals surface area (Å²) in [4.78, 5) is 0. The molecule has 3 nitrogen and oxygen atoms in total. The largest absolute Gasteiger partial charge is 0.454 e. The molecular weight excluding hydrogens is 204 g/mol. The van der Waals surface area contributed by atoms with Crippen molar-refractivity contribution in [1.29, 1.82) is 0 Å². The van der Waals surface area contributed by atoms with E-state index in [2.05, 4.69) is 13.8 Å². The average Bonchev–Trinajstić information content (AvgIpc) is 2.71. The fourth-order valence-corrected chi connectivity index (χ4v) is 1.54. The molecule has 0 radical (unpaired) electrons. The number of hydrogen-bond donors (Lipinski definition) is 0. The van der Waals surface area contributed by atoms with Gasteiger partial charge in [-0.05, 0) is 30.0 Å². The summed E-state index contributed by atoms with van der Waals surface area (Å²) in [6.07, 6.45) is 1.10. The third kappa shape index (κ3) is 2.89. The Morgan fingerprint density at radius 1 is 1.25 bits per heavy atom. The summed E-state index contributed by atoms with van der Waals surface area (Å²) in [6.45, 7) is 6.18. The maximum absolute atomic E-state index is 5.59. The summed E-state index contributed by atoms with van der Waals surface area (Å²) in [5, 5.41) is 0. The van der Waals surface area contributed by atoms with Gasteiger partial charge in [0.05, 0.1) is 6.61 Å². The van der Waals surface area contributed by atoms with Crippen LogP contribution in [0.4, 0.5) is 0 Å². The molecule has 1 aliphatic rings. The van der Waals surface area contributed by atoms with Gasteiger partial charge in [0.2, 0.25) is 6.79 Å². The van der Waals surface area contributed by atoms with E-state index in [1.54, 1.807) is 0 Å². The summed E-state index contributed by atoms with van der Waals surface area (Å²) in [5.74, 6) is 2.34. The van der Waals surface area contributed by atoms with E-state index in [1.165, 1.54) is 0 Å². The first kappa shape index (κ1) is 11.3. The van der Waals surface area contributed by atoms with Gasteiger partial charge in [-0.2, -0.15) is 0 Å². The van der Waals surface area contributed by atoms with E-state index in [4.69, 9.17) is 14.2 Å². The molecule has 1 aromatic carbocycles. The fourth-order valence-electron chi connectivity index (χ4n) is 1.54. The fraction of sp³-hybridized carbons (Fsp3) is 0.538. The Morgan fingerprint density at radius 3 is 2.88 bits per heavy atom. The third-order valence-electron chi connectivity index (χ3n) is 2.55. The van der Waals surface area contributed by atoms with E-state index in [-0.39, 0.29) is 0 Å². The van der Waals surface area contributed by atoms with Crippen molar-refractivity contribution in [3.63, 3.8) is 0 Å². The van der Waals surface area contributed by atoms with Crippen LogP contribution < -0.4 is 9.47 Å². The molecule has 3 heteroatoms. The second-order valence-corrected chi connectivity index (χ2v) is 4.42. The summed E-state index contributed by atoms with van der Waals surface area (Å²) in [5.41, 5.74) is 1.13. The van der Waals surface area contributed by atoms with Gasteiger partial charge in [0.25, 0.3) is 0 Å². The number of ether oxygens (including phenoxy) is 3. The second-order valence-electron chi connectivity index (χ2n) is 4.42. The van der Waals surface area contributed by atoms with Gasteiger partial charge in [-0.25, -0.2) is 0 Å². The van der Waals surface area contributed by atoms with E-state index < -0.39 is 0 Å². The molecule has 88 valence electrons. The van der Waals surface area contributed by atoms with Crippen LogP contribution in [0.1, 0.15) is 25.8 Å². The topological polar surface area (TPSA) is 27.7 Å². The van der Waals surface area contributed by atoms with Gasteiger partial charge in [-0.3, -0.25) is 0 Å². The summed E-state index contributed by atoms with van der Waals surface area (Å²) in [6, 6.07) is 5.93. The molecule has 0 atom stereocenters. The standard InChI is InChI=1S/C13H18O3/c1-10(2)5-6-14-8-11-3-4-12-13(7-11)16-9-15-12/h3-4,7,10H,5-6,8-9H2,1-2H3. The van der Waals surface area contributed by atoms with Gasteiger partial charge in [0.1, 0.15) is 0 Å². The molecule has 0 N–H and O–H groups in total. The Morgan fingerprint density at radius 2 is 2.06 bits per heavy atom. The Kier molecular flexibility index (Phi) is 3.67. The normalized spacial score (nSPS) is 13.4. The first-order valence-corrected chi connectivity index (χ1v) is 5.72. The highest BCUT2D eigenvalue weighted by Gasteiger charge is 2.12. The number of benzene rings is 1. The van der Waals surface area contributed by atoms with Crippen molar-refractivity contribution in [2.24, 2.45) is 5.92 Å². The van der Waals surface area contributed by atoms with Gasteiger partial charge in [0, 0.05) is 6.61 Å². The summed E-state index contributed by atoms with van der Waals surface area (Å²) in [7, 11) is 0. The van der Waals surface area contributed by atoms with E-state index >= 15 is 0 Å². The van der Waals surface area contributed by atoms with Gasteiger partial charge in [-0.15, -0.1) is 0 Å². The van der Waals surface area contributed by atoms with Crippen molar-refractivity contribution in [2.75, 3.05) is 13.4 Å². The minimum Gasteiger partial charge on any atom is -0.454 e. The molecule has 0 bridgehead atoms. The number of hydrogen-bond acceptors (Lipinski definition) is 3. The predicted molar refractivity (Wildman–Crippen MR) is 61.7 cm³/mol. The quantitative estimate of drug-likeness (QED) is 0.717. The SMILES string of the molecule is CC(C)CCOCc1ccc2c(c1)OCO2. The van der Waals surface area contributed by atoms with Crippen molar-refractivity contribution in [3.8, 4) is 11.5 Å². The zero-order valence-corrected chi connectivity index (χ0v) is 9.86. The van der Waals surface area contributed by atoms with Crippen LogP contribution in [0, 0.1) is 5.92 Å². The lowest BCUT2D eigenvalue weighted by molar-refractivity contribution is 0.110. The third-order valence-corrected chi connectivity index (χ3v) is 2.55. The maximum Gasteiger partial charge on any atom is 0.231 e. The van der Waals surface area contributed by atoms with E-state index in [9.17, 15) is 0 Å². The molecule has 0 amide bonds. The first-order valence-electron chi connectivity index (χ1n) is 5.72. The van der Waals surface area contributed by atoms with E-state index in [0.717, 1.165) is 30.1 Å². The van der Waals surface area contributed by atoms with Crippen molar-refractivity contribution in [1.82, 2.24) is 0 Å². The Hall–Kier alpha value is -1.22. The molecule has 0 spiro atoms. The zero-order chi connectivity index (χ0) is 11.4. The van der Waals surface area contributed by atoms with E-state index in [0.29, 0.717) is 19.3 Å². The minimum absolute atomic E-state index is 0.326. The minimum atomic E-state index is 0.326. The first-order chi connectivity index (χ1) is 7.75. The van der Waals surface area contributed by atoms with Crippen molar-refractivity contribution < 1.29 is 14.2 Å². The summed E-state index contributed by atoms with van der Waals surface area (Å²) >= 11 is 0. The lowest BCUT2D eigenvalue weighted by Gasteiger charge is -2.07. The Labute approximate surface area is 96.3 Å². The highest BCUT2D eigenvalue weighted by molar-refractivity contribution is 5.44. The van der Waals surface area contributed by atoms with Crippen LogP contribution in [-0.4, -0.2) is 13.4 Å². The molecule has 1 heterocycles. The van der Waals surface area contributed by atoms with Crippen LogP contribution >= 0.6 is 0 Å². The molecule has 0 aromatic heterocycles. The van der Waals surface area contributed by atoms with Crippen molar-refractivity contribution in [2.45, 2.75) is 26.9 Å². The molecule has 0 aliphatic carbocycles. The highest BCUT2D eigenvalue weighted by atomic mass is 16.7. The lowest BCUT2D eigenvalue weighted by atomic mass is 10.1. The molecule has 2 rings (SSSR count). The zero-order valence-electron chi connectivity index (χ0n) is 9.86. The van der Waals surface area contributed by atoms with Gasteiger partial charge >= 0.3 is 0 Å². The highest BCUT2D eigenvalue weighted by Crippen LogP contribution is 2.32. The number of fused-ring (bicyclic) bond motifs is 1. The molecule has 0 unspecified atom stereocenters. The molecule has 0 saturated heterocycles. The maximum atomic E-state index is 5.59. The Balaban J connectivity index is 1.81. The smallest absolute Gasteiger partial charge is 0.231 e. The molecule has 16 heavy (non-hydrogen) atoms. The Bertz CT molecular complexity index is 347. The van der Waals surface area contributed by atoms with Crippen LogP contribution in [-0.2, 0) is 11.3 Å². The lowest BCUT2D eigenvalue weighted by Crippen LogP contribution is -1.99. The molecule has 0 saturated carbocycles.